The maximum atomic E-state index is 12.6. The third kappa shape index (κ3) is 5.51. The number of para-hydroxylation sites is 2. The number of anilines is 2. The lowest BCUT2D eigenvalue weighted by Crippen LogP contribution is -2.23. The molecule has 0 saturated heterocycles. The summed E-state index contributed by atoms with van der Waals surface area (Å²) in [5.74, 6) is 0.0480. The largest absolute Gasteiger partial charge is 0.493 e. The van der Waals surface area contributed by atoms with Crippen LogP contribution < -0.4 is 25.7 Å². The number of hydrogen-bond donors (Lipinski definition) is 3. The first kappa shape index (κ1) is 22.8. The van der Waals surface area contributed by atoms with Crippen molar-refractivity contribution in [2.75, 3.05) is 24.4 Å². The molecule has 4 rings (SSSR count). The Balaban J connectivity index is 1.38. The van der Waals surface area contributed by atoms with Crippen molar-refractivity contribution in [2.45, 2.75) is 0 Å². The number of amides is 2. The zero-order valence-corrected chi connectivity index (χ0v) is 19.0. The van der Waals surface area contributed by atoms with Crippen LogP contribution in [-0.2, 0) is 4.79 Å². The highest BCUT2D eigenvalue weighted by molar-refractivity contribution is 7.13. The molecule has 0 atom stereocenters. The highest BCUT2D eigenvalue weighted by Gasteiger charge is 2.13. The van der Waals surface area contributed by atoms with Gasteiger partial charge < -0.3 is 25.1 Å². The number of hydrogen-bond acceptors (Lipinski definition) is 6. The van der Waals surface area contributed by atoms with Crippen molar-refractivity contribution in [3.05, 3.63) is 94.1 Å². The molecule has 0 spiro atoms. The molecule has 2 aromatic heterocycles. The summed E-state index contributed by atoms with van der Waals surface area (Å²) in [4.78, 5) is 41.0. The highest BCUT2D eigenvalue weighted by atomic mass is 32.1. The fraction of sp³-hybridized carbons (Fsp3) is 0.0800. The first-order valence-corrected chi connectivity index (χ1v) is 11.2. The Bertz CT molecular complexity index is 1360. The van der Waals surface area contributed by atoms with Gasteiger partial charge in [0.25, 0.3) is 17.4 Å². The molecular formula is C25H21N3O5S. The fourth-order valence-electron chi connectivity index (χ4n) is 3.18. The minimum absolute atomic E-state index is 0.0139. The average Bonchev–Trinajstić information content (AvgIpc) is 3.38. The number of H-pyrrole nitrogens is 1. The maximum absolute atomic E-state index is 12.6. The van der Waals surface area contributed by atoms with E-state index in [1.807, 2.05) is 17.5 Å². The first-order chi connectivity index (χ1) is 16.5. The number of rotatable bonds is 8. The van der Waals surface area contributed by atoms with Gasteiger partial charge in [0.1, 0.15) is 5.56 Å². The molecule has 0 aliphatic heterocycles. The number of carbonyl (C=O) groups excluding carboxylic acids is 2. The second-order valence-corrected chi connectivity index (χ2v) is 8.06. The summed E-state index contributed by atoms with van der Waals surface area (Å²) in [6, 6.07) is 20.6. The van der Waals surface area contributed by atoms with Crippen LogP contribution in [0.5, 0.6) is 11.5 Å². The Labute approximate surface area is 199 Å². The summed E-state index contributed by atoms with van der Waals surface area (Å²) in [6.07, 6.45) is 0. The maximum Gasteiger partial charge on any atom is 0.262 e. The average molecular weight is 476 g/mol. The molecule has 9 heteroatoms. The predicted octanol–water partition coefficient (Wildman–Crippen LogP) is 4.38. The van der Waals surface area contributed by atoms with Crippen LogP contribution >= 0.6 is 11.3 Å². The van der Waals surface area contributed by atoms with Gasteiger partial charge in [0.2, 0.25) is 0 Å². The Morgan fingerprint density at radius 2 is 1.68 bits per heavy atom. The lowest BCUT2D eigenvalue weighted by molar-refractivity contribution is -0.118. The lowest BCUT2D eigenvalue weighted by Gasteiger charge is -2.11. The Morgan fingerprint density at radius 1 is 0.912 bits per heavy atom. The molecule has 0 fully saturated rings. The minimum Gasteiger partial charge on any atom is -0.493 e. The van der Waals surface area contributed by atoms with Crippen molar-refractivity contribution in [2.24, 2.45) is 0 Å². The summed E-state index contributed by atoms with van der Waals surface area (Å²) in [5, 5.41) is 7.31. The van der Waals surface area contributed by atoms with Crippen LogP contribution in [0.4, 0.5) is 11.4 Å². The van der Waals surface area contributed by atoms with E-state index in [0.29, 0.717) is 28.6 Å². The number of ether oxygens (including phenoxy) is 2. The van der Waals surface area contributed by atoms with E-state index >= 15 is 0 Å². The SMILES string of the molecule is COc1ccccc1OCC(=O)Nc1cccc(NC(=O)c2ccc(-c3cccs3)[nH]c2=O)c1. The van der Waals surface area contributed by atoms with Crippen LogP contribution in [0.25, 0.3) is 10.6 Å². The fourth-order valence-corrected chi connectivity index (χ4v) is 3.89. The summed E-state index contributed by atoms with van der Waals surface area (Å²) >= 11 is 1.49. The molecule has 172 valence electrons. The second-order valence-electron chi connectivity index (χ2n) is 7.11. The van der Waals surface area contributed by atoms with E-state index < -0.39 is 11.5 Å². The van der Waals surface area contributed by atoms with Crippen molar-refractivity contribution >= 4 is 34.5 Å². The zero-order chi connectivity index (χ0) is 23.9. The number of aromatic nitrogens is 1. The number of aromatic amines is 1. The van der Waals surface area contributed by atoms with Gasteiger partial charge in [-0.2, -0.15) is 0 Å². The van der Waals surface area contributed by atoms with E-state index in [1.165, 1.54) is 24.5 Å². The molecule has 0 saturated carbocycles. The topological polar surface area (TPSA) is 110 Å². The standard InChI is InChI=1S/C25H21N3O5S/c1-32-20-8-2-3-9-21(20)33-15-23(29)26-16-6-4-7-17(14-16)27-24(30)18-11-12-19(28-25(18)31)22-10-5-13-34-22/h2-14H,15H2,1H3,(H,26,29)(H,27,30)(H,28,31). The van der Waals surface area contributed by atoms with Gasteiger partial charge in [-0.05, 0) is 53.9 Å². The summed E-state index contributed by atoms with van der Waals surface area (Å²) in [6.45, 7) is -0.219. The van der Waals surface area contributed by atoms with Crippen LogP contribution in [0.3, 0.4) is 0 Å². The van der Waals surface area contributed by atoms with Crippen molar-refractivity contribution in [1.82, 2.24) is 4.98 Å². The summed E-state index contributed by atoms with van der Waals surface area (Å²) in [5.41, 5.74) is 1.04. The predicted molar refractivity (Wildman–Crippen MR) is 132 cm³/mol. The number of thiophene rings is 1. The monoisotopic (exact) mass is 475 g/mol. The van der Waals surface area contributed by atoms with Crippen molar-refractivity contribution in [3.63, 3.8) is 0 Å². The van der Waals surface area contributed by atoms with Crippen LogP contribution in [0.1, 0.15) is 10.4 Å². The lowest BCUT2D eigenvalue weighted by atomic mass is 10.2. The first-order valence-electron chi connectivity index (χ1n) is 10.3. The molecule has 0 radical (unpaired) electrons. The zero-order valence-electron chi connectivity index (χ0n) is 18.2. The molecule has 0 unspecified atom stereocenters. The molecular weight excluding hydrogens is 454 g/mol. The van der Waals surface area contributed by atoms with Crippen LogP contribution in [-0.4, -0.2) is 30.5 Å². The van der Waals surface area contributed by atoms with Gasteiger partial charge in [0.15, 0.2) is 18.1 Å². The van der Waals surface area contributed by atoms with E-state index in [-0.39, 0.29) is 18.1 Å². The van der Waals surface area contributed by atoms with Crippen LogP contribution in [0.15, 0.2) is 83.0 Å². The third-order valence-electron chi connectivity index (χ3n) is 4.77. The number of methoxy groups -OCH3 is 1. The van der Waals surface area contributed by atoms with E-state index in [9.17, 15) is 14.4 Å². The van der Waals surface area contributed by atoms with E-state index in [2.05, 4.69) is 15.6 Å². The Hall–Kier alpha value is -4.37. The van der Waals surface area contributed by atoms with Crippen molar-refractivity contribution in [1.29, 1.82) is 0 Å². The number of benzene rings is 2. The van der Waals surface area contributed by atoms with Crippen LogP contribution in [0, 0.1) is 0 Å². The van der Waals surface area contributed by atoms with Crippen molar-refractivity contribution in [3.8, 4) is 22.1 Å². The minimum atomic E-state index is -0.554. The van der Waals surface area contributed by atoms with E-state index in [0.717, 1.165) is 4.88 Å². The highest BCUT2D eigenvalue weighted by Crippen LogP contribution is 2.26. The smallest absolute Gasteiger partial charge is 0.262 e. The summed E-state index contributed by atoms with van der Waals surface area (Å²) in [7, 11) is 1.52. The van der Waals surface area contributed by atoms with Gasteiger partial charge >= 0.3 is 0 Å². The van der Waals surface area contributed by atoms with E-state index in [4.69, 9.17) is 9.47 Å². The molecule has 34 heavy (non-hydrogen) atoms. The van der Waals surface area contributed by atoms with Crippen LogP contribution in [0.2, 0.25) is 0 Å². The van der Waals surface area contributed by atoms with Gasteiger partial charge in [0, 0.05) is 11.4 Å². The molecule has 2 amide bonds. The molecule has 0 bridgehead atoms. The van der Waals surface area contributed by atoms with Gasteiger partial charge in [-0.25, -0.2) is 0 Å². The number of nitrogens with one attached hydrogen (secondary N) is 3. The molecule has 4 aromatic rings. The molecule has 0 aliphatic carbocycles. The third-order valence-corrected chi connectivity index (χ3v) is 5.68. The number of pyridine rings is 1. The Kier molecular flexibility index (Phi) is 7.04. The van der Waals surface area contributed by atoms with Gasteiger partial charge in [-0.15, -0.1) is 11.3 Å². The van der Waals surface area contributed by atoms with Gasteiger partial charge in [-0.1, -0.05) is 24.3 Å². The molecule has 8 nitrogen and oxygen atoms in total. The summed E-state index contributed by atoms with van der Waals surface area (Å²) < 4.78 is 10.7. The molecule has 2 aromatic carbocycles. The van der Waals surface area contributed by atoms with Gasteiger partial charge in [0.05, 0.1) is 17.7 Å². The van der Waals surface area contributed by atoms with Gasteiger partial charge in [-0.3, -0.25) is 14.4 Å². The normalized spacial score (nSPS) is 10.4. The molecule has 0 aliphatic rings. The molecule has 2 heterocycles. The van der Waals surface area contributed by atoms with E-state index in [1.54, 1.807) is 54.6 Å². The Morgan fingerprint density at radius 3 is 2.38 bits per heavy atom. The quantitative estimate of drug-likeness (QED) is 0.350. The second kappa shape index (κ2) is 10.5. The molecule has 3 N–H and O–H groups in total. The number of carbonyl (C=O) groups is 2. The van der Waals surface area contributed by atoms with Crippen molar-refractivity contribution < 1.29 is 19.1 Å².